The van der Waals surface area contributed by atoms with Crippen LogP contribution < -0.4 is 5.32 Å². The zero-order chi connectivity index (χ0) is 14.7. The minimum atomic E-state index is -1.26. The number of halogens is 1. The van der Waals surface area contributed by atoms with Crippen LogP contribution in [0.15, 0.2) is 42.5 Å². The molecule has 6 heteroatoms. The van der Waals surface area contributed by atoms with Crippen LogP contribution >= 0.6 is 22.6 Å². The molecule has 0 bridgehead atoms. The number of carboxylic acid groups (broad SMARTS) is 1. The number of hydrogen-bond donors (Lipinski definition) is 3. The Balaban J connectivity index is 2.21. The Morgan fingerprint density at radius 3 is 2.30 bits per heavy atom. The van der Waals surface area contributed by atoms with Gasteiger partial charge < -0.3 is 15.5 Å². The van der Waals surface area contributed by atoms with Crippen molar-refractivity contribution in [2.24, 2.45) is 0 Å². The number of carboxylic acids is 1. The van der Waals surface area contributed by atoms with Crippen molar-refractivity contribution in [1.82, 2.24) is 0 Å². The molecule has 0 atom stereocenters. The summed E-state index contributed by atoms with van der Waals surface area (Å²) in [6.07, 6.45) is 0. The van der Waals surface area contributed by atoms with Crippen molar-refractivity contribution in [3.05, 3.63) is 57.2 Å². The third-order valence-electron chi connectivity index (χ3n) is 2.59. The summed E-state index contributed by atoms with van der Waals surface area (Å²) in [5.74, 6) is -1.94. The van der Waals surface area contributed by atoms with Crippen molar-refractivity contribution >= 4 is 40.2 Å². The molecule has 2 aromatic carbocycles. The Labute approximate surface area is 128 Å². The first kappa shape index (κ1) is 14.3. The van der Waals surface area contributed by atoms with Crippen molar-refractivity contribution in [2.75, 3.05) is 5.32 Å². The van der Waals surface area contributed by atoms with Gasteiger partial charge in [0.25, 0.3) is 5.91 Å². The SMILES string of the molecule is O=C(Nc1ccc(O)c(C(=O)O)c1)c1ccc(I)cc1. The van der Waals surface area contributed by atoms with Crippen molar-refractivity contribution in [2.45, 2.75) is 0 Å². The van der Waals surface area contributed by atoms with Gasteiger partial charge in [-0.2, -0.15) is 0 Å². The first-order chi connectivity index (χ1) is 9.47. The van der Waals surface area contributed by atoms with Crippen molar-refractivity contribution in [3.63, 3.8) is 0 Å². The number of hydrogen-bond acceptors (Lipinski definition) is 3. The van der Waals surface area contributed by atoms with Crippen LogP contribution in [0.25, 0.3) is 0 Å². The number of aromatic hydroxyl groups is 1. The minimum absolute atomic E-state index is 0.259. The first-order valence-corrected chi connectivity index (χ1v) is 6.68. The van der Waals surface area contributed by atoms with Crippen LogP contribution in [0.2, 0.25) is 0 Å². The number of nitrogens with one attached hydrogen (secondary N) is 1. The van der Waals surface area contributed by atoms with E-state index in [1.807, 2.05) is 0 Å². The average molecular weight is 383 g/mol. The molecule has 0 aliphatic carbocycles. The maximum Gasteiger partial charge on any atom is 0.339 e. The second-order valence-electron chi connectivity index (χ2n) is 4.00. The number of benzene rings is 2. The van der Waals surface area contributed by atoms with E-state index in [2.05, 4.69) is 27.9 Å². The van der Waals surface area contributed by atoms with Crippen LogP contribution in [0.3, 0.4) is 0 Å². The van der Waals surface area contributed by atoms with E-state index in [0.29, 0.717) is 11.3 Å². The Morgan fingerprint density at radius 1 is 1.05 bits per heavy atom. The maximum atomic E-state index is 12.0. The van der Waals surface area contributed by atoms with Crippen molar-refractivity contribution in [1.29, 1.82) is 0 Å². The minimum Gasteiger partial charge on any atom is -0.507 e. The highest BCUT2D eigenvalue weighted by Gasteiger charge is 2.12. The van der Waals surface area contributed by atoms with E-state index in [-0.39, 0.29) is 17.2 Å². The van der Waals surface area contributed by atoms with E-state index in [1.165, 1.54) is 18.2 Å². The zero-order valence-corrected chi connectivity index (χ0v) is 12.3. The highest BCUT2D eigenvalue weighted by atomic mass is 127. The molecule has 3 N–H and O–H groups in total. The monoisotopic (exact) mass is 383 g/mol. The van der Waals surface area contributed by atoms with Crippen LogP contribution in [0.5, 0.6) is 5.75 Å². The maximum absolute atomic E-state index is 12.0. The molecule has 1 amide bonds. The lowest BCUT2D eigenvalue weighted by Crippen LogP contribution is -2.12. The molecular formula is C14H10INO4. The average Bonchev–Trinajstić information content (AvgIpc) is 2.41. The lowest BCUT2D eigenvalue weighted by molar-refractivity contribution is 0.0693. The van der Waals surface area contributed by atoms with Gasteiger partial charge in [-0.15, -0.1) is 0 Å². The molecule has 102 valence electrons. The van der Waals surface area contributed by atoms with Gasteiger partial charge in [-0.25, -0.2) is 4.79 Å². The largest absolute Gasteiger partial charge is 0.507 e. The smallest absolute Gasteiger partial charge is 0.339 e. The highest BCUT2D eigenvalue weighted by Crippen LogP contribution is 2.22. The number of phenols is 1. The van der Waals surface area contributed by atoms with Crippen LogP contribution in [-0.2, 0) is 0 Å². The predicted octanol–water partition coefficient (Wildman–Crippen LogP) is 2.95. The van der Waals surface area contributed by atoms with Gasteiger partial charge in [-0.3, -0.25) is 4.79 Å². The molecule has 0 aromatic heterocycles. The van der Waals surface area contributed by atoms with E-state index in [0.717, 1.165) is 3.57 Å². The molecule has 0 radical (unpaired) electrons. The van der Waals surface area contributed by atoms with Crippen molar-refractivity contribution in [3.8, 4) is 5.75 Å². The summed E-state index contributed by atoms with van der Waals surface area (Å²) in [4.78, 5) is 22.9. The van der Waals surface area contributed by atoms with Gasteiger partial charge in [0, 0.05) is 14.8 Å². The molecule has 0 saturated heterocycles. The quantitative estimate of drug-likeness (QED) is 0.562. The number of carbonyl (C=O) groups is 2. The molecule has 0 aliphatic heterocycles. The second-order valence-corrected chi connectivity index (χ2v) is 5.24. The fraction of sp³-hybridized carbons (Fsp3) is 0. The number of rotatable bonds is 3. The van der Waals surface area contributed by atoms with Gasteiger partial charge in [0.15, 0.2) is 0 Å². The van der Waals surface area contributed by atoms with Gasteiger partial charge >= 0.3 is 5.97 Å². The molecule has 0 fully saturated rings. The van der Waals surface area contributed by atoms with E-state index in [1.54, 1.807) is 24.3 Å². The Kier molecular flexibility index (Phi) is 4.23. The van der Waals surface area contributed by atoms with E-state index < -0.39 is 5.97 Å². The zero-order valence-electron chi connectivity index (χ0n) is 10.1. The van der Waals surface area contributed by atoms with Gasteiger partial charge in [-0.1, -0.05) is 0 Å². The summed E-state index contributed by atoms with van der Waals surface area (Å²) in [6.45, 7) is 0. The Bertz CT molecular complexity index is 667. The first-order valence-electron chi connectivity index (χ1n) is 5.60. The fourth-order valence-electron chi connectivity index (χ4n) is 1.59. The standard InChI is InChI=1S/C14H10INO4/c15-9-3-1-8(2-4-9)13(18)16-10-5-6-12(17)11(7-10)14(19)20/h1-7,17H,(H,16,18)(H,19,20). The molecule has 0 unspecified atom stereocenters. The second kappa shape index (κ2) is 5.91. The highest BCUT2D eigenvalue weighted by molar-refractivity contribution is 14.1. The molecule has 2 aromatic rings. The topological polar surface area (TPSA) is 86.6 Å². The van der Waals surface area contributed by atoms with Crippen LogP contribution in [-0.4, -0.2) is 22.1 Å². The number of carbonyl (C=O) groups excluding carboxylic acids is 1. The molecule has 0 spiro atoms. The van der Waals surface area contributed by atoms with E-state index in [9.17, 15) is 14.7 Å². The summed E-state index contributed by atoms with van der Waals surface area (Å²) >= 11 is 2.13. The number of amides is 1. The van der Waals surface area contributed by atoms with Gasteiger partial charge in [0.05, 0.1) is 0 Å². The normalized spacial score (nSPS) is 10.1. The summed E-state index contributed by atoms with van der Waals surface area (Å²) in [5.41, 5.74) is 0.518. The fourth-order valence-corrected chi connectivity index (χ4v) is 1.95. The van der Waals surface area contributed by atoms with E-state index in [4.69, 9.17) is 5.11 Å². The van der Waals surface area contributed by atoms with Crippen LogP contribution in [0, 0.1) is 3.57 Å². The lowest BCUT2D eigenvalue weighted by atomic mass is 10.1. The molecule has 5 nitrogen and oxygen atoms in total. The Morgan fingerprint density at radius 2 is 1.70 bits per heavy atom. The van der Waals surface area contributed by atoms with Gasteiger partial charge in [0.2, 0.25) is 0 Å². The predicted molar refractivity (Wildman–Crippen MR) is 82.2 cm³/mol. The third-order valence-corrected chi connectivity index (χ3v) is 3.31. The summed E-state index contributed by atoms with van der Waals surface area (Å²) in [5, 5.41) is 20.9. The molecule has 20 heavy (non-hydrogen) atoms. The van der Waals surface area contributed by atoms with Crippen LogP contribution in [0.4, 0.5) is 5.69 Å². The molecule has 0 heterocycles. The number of aromatic carboxylic acids is 1. The Hall–Kier alpha value is -2.09. The third kappa shape index (κ3) is 3.27. The summed E-state index contributed by atoms with van der Waals surface area (Å²) in [7, 11) is 0. The number of anilines is 1. The van der Waals surface area contributed by atoms with Crippen molar-refractivity contribution < 1.29 is 19.8 Å². The molecule has 0 saturated carbocycles. The van der Waals surface area contributed by atoms with E-state index >= 15 is 0 Å². The van der Waals surface area contributed by atoms with Gasteiger partial charge in [-0.05, 0) is 65.1 Å². The molecular weight excluding hydrogens is 373 g/mol. The molecule has 2 rings (SSSR count). The lowest BCUT2D eigenvalue weighted by Gasteiger charge is -2.07. The summed E-state index contributed by atoms with van der Waals surface area (Å²) < 4.78 is 1.01. The van der Waals surface area contributed by atoms with Gasteiger partial charge in [0.1, 0.15) is 11.3 Å². The molecule has 0 aliphatic rings. The van der Waals surface area contributed by atoms with Crippen LogP contribution in [0.1, 0.15) is 20.7 Å². The summed E-state index contributed by atoms with van der Waals surface area (Å²) in [6, 6.07) is 10.8.